The van der Waals surface area contributed by atoms with Crippen LogP contribution >= 0.6 is 0 Å². The molecule has 0 amide bonds. The van der Waals surface area contributed by atoms with Gasteiger partial charge in [-0.2, -0.15) is 0 Å². The molecule has 4 N–H and O–H groups in total. The molecular formula is C13H18BNO4. The van der Waals surface area contributed by atoms with Crippen LogP contribution < -0.4 is 20.7 Å². The highest BCUT2D eigenvalue weighted by molar-refractivity contribution is 6.60. The van der Waals surface area contributed by atoms with E-state index < -0.39 is 12.7 Å². The van der Waals surface area contributed by atoms with Gasteiger partial charge in [-0.15, -0.1) is 0 Å². The lowest BCUT2D eigenvalue weighted by molar-refractivity contribution is 0.174. The second-order valence-electron chi connectivity index (χ2n) is 5.35. The average Bonchev–Trinajstić information content (AvgIpc) is 2.86. The largest absolute Gasteiger partial charge is 0.492 e. The van der Waals surface area contributed by atoms with Crippen molar-refractivity contribution in [2.45, 2.75) is 37.6 Å². The highest BCUT2D eigenvalue weighted by Gasteiger charge is 2.37. The third-order valence-electron chi connectivity index (χ3n) is 4.12. The topological polar surface area (TPSA) is 84.9 Å². The predicted molar refractivity (Wildman–Crippen MR) is 71.3 cm³/mol. The van der Waals surface area contributed by atoms with Gasteiger partial charge in [0.1, 0.15) is 0 Å². The van der Waals surface area contributed by atoms with Crippen LogP contribution in [0.5, 0.6) is 11.5 Å². The van der Waals surface area contributed by atoms with Gasteiger partial charge in [0.25, 0.3) is 0 Å². The fourth-order valence-electron chi connectivity index (χ4n) is 3.14. The van der Waals surface area contributed by atoms with Gasteiger partial charge in [-0.3, -0.25) is 0 Å². The minimum Gasteiger partial charge on any atom is -0.454 e. The molecule has 3 rings (SSSR count). The minimum absolute atomic E-state index is 0.107. The Morgan fingerprint density at radius 1 is 1.11 bits per heavy atom. The van der Waals surface area contributed by atoms with Gasteiger partial charge in [0.15, 0.2) is 11.5 Å². The molecule has 1 saturated carbocycles. The maximum absolute atomic E-state index is 9.68. The van der Waals surface area contributed by atoms with E-state index in [-0.39, 0.29) is 6.79 Å². The normalized spacial score (nSPS) is 20.4. The monoisotopic (exact) mass is 263 g/mol. The van der Waals surface area contributed by atoms with E-state index in [0.29, 0.717) is 17.0 Å². The fourth-order valence-corrected chi connectivity index (χ4v) is 3.14. The van der Waals surface area contributed by atoms with Gasteiger partial charge in [0.05, 0.1) is 0 Å². The van der Waals surface area contributed by atoms with Crippen LogP contribution in [0.2, 0.25) is 0 Å². The van der Waals surface area contributed by atoms with E-state index in [1.165, 1.54) is 6.42 Å². The molecule has 19 heavy (non-hydrogen) atoms. The van der Waals surface area contributed by atoms with Gasteiger partial charge in [-0.25, -0.2) is 0 Å². The van der Waals surface area contributed by atoms with Gasteiger partial charge < -0.3 is 25.3 Å². The zero-order valence-electron chi connectivity index (χ0n) is 10.8. The average molecular weight is 263 g/mol. The Balaban J connectivity index is 2.10. The standard InChI is InChI=1S/C13H18BNO4/c15-13(6-2-1-3-7-13)9-4-5-10-12(19-8-18-10)11(9)14(16)17/h4-5,16-17H,1-3,6-8,15H2. The van der Waals surface area contributed by atoms with Crippen LogP contribution in [0.15, 0.2) is 12.1 Å². The first-order valence-electron chi connectivity index (χ1n) is 6.70. The molecule has 0 unspecified atom stereocenters. The first-order chi connectivity index (χ1) is 9.12. The number of benzene rings is 1. The van der Waals surface area contributed by atoms with E-state index in [1.807, 2.05) is 6.07 Å². The van der Waals surface area contributed by atoms with Gasteiger partial charge >= 0.3 is 7.12 Å². The van der Waals surface area contributed by atoms with Gasteiger partial charge in [-0.1, -0.05) is 25.3 Å². The van der Waals surface area contributed by atoms with Crippen molar-refractivity contribution in [3.63, 3.8) is 0 Å². The molecule has 1 heterocycles. The molecule has 5 nitrogen and oxygen atoms in total. The Labute approximate surface area is 112 Å². The third kappa shape index (κ3) is 2.10. The summed E-state index contributed by atoms with van der Waals surface area (Å²) >= 11 is 0. The van der Waals surface area contributed by atoms with Crippen LogP contribution in [0.25, 0.3) is 0 Å². The van der Waals surface area contributed by atoms with E-state index in [2.05, 4.69) is 0 Å². The zero-order valence-corrected chi connectivity index (χ0v) is 10.8. The van der Waals surface area contributed by atoms with E-state index in [4.69, 9.17) is 15.2 Å². The van der Waals surface area contributed by atoms with E-state index in [9.17, 15) is 10.0 Å². The molecule has 0 radical (unpaired) electrons. The lowest BCUT2D eigenvalue weighted by atomic mass is 9.67. The first kappa shape index (κ1) is 12.8. The first-order valence-corrected chi connectivity index (χ1v) is 6.70. The van der Waals surface area contributed by atoms with Crippen molar-refractivity contribution < 1.29 is 19.5 Å². The molecule has 0 spiro atoms. The summed E-state index contributed by atoms with van der Waals surface area (Å²) in [5.74, 6) is 0.967. The molecular weight excluding hydrogens is 245 g/mol. The van der Waals surface area contributed by atoms with Crippen molar-refractivity contribution in [1.82, 2.24) is 0 Å². The number of rotatable bonds is 2. The number of nitrogens with two attached hydrogens (primary N) is 1. The second-order valence-corrected chi connectivity index (χ2v) is 5.35. The number of hydrogen-bond donors (Lipinski definition) is 3. The summed E-state index contributed by atoms with van der Waals surface area (Å²) in [7, 11) is -1.60. The van der Waals surface area contributed by atoms with Crippen molar-refractivity contribution in [2.75, 3.05) is 6.79 Å². The van der Waals surface area contributed by atoms with Gasteiger partial charge in [0, 0.05) is 11.0 Å². The van der Waals surface area contributed by atoms with Crippen LogP contribution in [0.4, 0.5) is 0 Å². The minimum atomic E-state index is -1.60. The molecule has 1 aliphatic carbocycles. The lowest BCUT2D eigenvalue weighted by Crippen LogP contribution is -2.46. The molecule has 102 valence electrons. The molecule has 1 fully saturated rings. The highest BCUT2D eigenvalue weighted by Crippen LogP contribution is 2.39. The predicted octanol–water partition coefficient (Wildman–Crippen LogP) is 0.213. The molecule has 1 aliphatic heterocycles. The van der Waals surface area contributed by atoms with Gasteiger partial charge in [-0.05, 0) is 24.5 Å². The quantitative estimate of drug-likeness (QED) is 0.664. The van der Waals surface area contributed by atoms with Crippen LogP contribution in [0, 0.1) is 0 Å². The summed E-state index contributed by atoms with van der Waals surface area (Å²) in [5, 5.41) is 19.4. The molecule has 6 heteroatoms. The Hall–Kier alpha value is -1.24. The molecule has 1 aromatic carbocycles. The Morgan fingerprint density at radius 2 is 1.84 bits per heavy atom. The summed E-state index contributed by atoms with van der Waals surface area (Å²) in [5.41, 5.74) is 7.12. The summed E-state index contributed by atoms with van der Waals surface area (Å²) in [6.07, 6.45) is 5.01. The Morgan fingerprint density at radius 3 is 2.53 bits per heavy atom. The van der Waals surface area contributed by atoms with Crippen molar-refractivity contribution in [3.05, 3.63) is 17.7 Å². The van der Waals surface area contributed by atoms with Crippen LogP contribution in [-0.4, -0.2) is 24.0 Å². The summed E-state index contributed by atoms with van der Waals surface area (Å²) in [4.78, 5) is 0. The fraction of sp³-hybridized carbons (Fsp3) is 0.538. The van der Waals surface area contributed by atoms with Crippen LogP contribution in [0.1, 0.15) is 37.7 Å². The SMILES string of the molecule is NC1(c2ccc3c(c2B(O)O)OCO3)CCCCC1. The van der Waals surface area contributed by atoms with Crippen molar-refractivity contribution in [3.8, 4) is 11.5 Å². The van der Waals surface area contributed by atoms with E-state index in [0.717, 1.165) is 31.2 Å². The number of hydrogen-bond acceptors (Lipinski definition) is 5. The molecule has 0 saturated heterocycles. The third-order valence-corrected chi connectivity index (χ3v) is 4.12. The molecule has 0 atom stereocenters. The molecule has 1 aromatic rings. The van der Waals surface area contributed by atoms with E-state index in [1.54, 1.807) is 6.07 Å². The summed E-state index contributed by atoms with van der Waals surface area (Å²) in [6, 6.07) is 3.64. The highest BCUT2D eigenvalue weighted by atomic mass is 16.7. The number of fused-ring (bicyclic) bond motifs is 1. The number of ether oxygens (including phenoxy) is 2. The van der Waals surface area contributed by atoms with Crippen molar-refractivity contribution >= 4 is 12.6 Å². The molecule has 2 aliphatic rings. The van der Waals surface area contributed by atoms with Crippen LogP contribution in [-0.2, 0) is 5.54 Å². The Kier molecular flexibility index (Phi) is 3.16. The van der Waals surface area contributed by atoms with Gasteiger partial charge in [0.2, 0.25) is 6.79 Å². The Bertz CT molecular complexity index is 486. The smallest absolute Gasteiger partial charge is 0.454 e. The van der Waals surface area contributed by atoms with E-state index >= 15 is 0 Å². The zero-order chi connectivity index (χ0) is 13.5. The van der Waals surface area contributed by atoms with Crippen LogP contribution in [0.3, 0.4) is 0 Å². The maximum Gasteiger partial charge on any atom is 0.492 e. The summed E-state index contributed by atoms with van der Waals surface area (Å²) in [6.45, 7) is 0.107. The van der Waals surface area contributed by atoms with Crippen molar-refractivity contribution in [2.24, 2.45) is 5.73 Å². The lowest BCUT2D eigenvalue weighted by Gasteiger charge is -2.35. The maximum atomic E-state index is 9.68. The van der Waals surface area contributed by atoms with Crippen molar-refractivity contribution in [1.29, 1.82) is 0 Å². The molecule has 0 aromatic heterocycles. The molecule has 0 bridgehead atoms. The summed E-state index contributed by atoms with van der Waals surface area (Å²) < 4.78 is 10.6. The second kappa shape index (κ2) is 4.70.